The van der Waals surface area contributed by atoms with Gasteiger partial charge < -0.3 is 9.72 Å². The lowest BCUT2D eigenvalue weighted by atomic mass is 10.0. The van der Waals surface area contributed by atoms with Crippen LogP contribution >= 0.6 is 0 Å². The van der Waals surface area contributed by atoms with Gasteiger partial charge in [-0.2, -0.15) is 0 Å². The third-order valence-corrected chi connectivity index (χ3v) is 4.04. The molecule has 0 radical (unpaired) electrons. The van der Waals surface area contributed by atoms with Gasteiger partial charge in [0.25, 0.3) is 0 Å². The predicted molar refractivity (Wildman–Crippen MR) is 88.6 cm³/mol. The van der Waals surface area contributed by atoms with Crippen LogP contribution in [0.25, 0.3) is 10.9 Å². The number of hydrogen-bond donors (Lipinski definition) is 1. The van der Waals surface area contributed by atoms with Crippen LogP contribution in [0.15, 0.2) is 30.5 Å². The summed E-state index contributed by atoms with van der Waals surface area (Å²) < 4.78 is 5.43. The van der Waals surface area contributed by atoms with Crippen molar-refractivity contribution >= 4 is 22.8 Å². The minimum absolute atomic E-state index is 0.0224. The molecular formula is C18H22N2O3. The van der Waals surface area contributed by atoms with Crippen LogP contribution in [0.3, 0.4) is 0 Å². The molecule has 2 heterocycles. The molecule has 5 heteroatoms. The number of Topliss-reactive ketones (excluding diaryl/α,β-unsaturated/α-hetero) is 1. The van der Waals surface area contributed by atoms with E-state index in [0.29, 0.717) is 18.5 Å². The highest BCUT2D eigenvalue weighted by Gasteiger charge is 2.37. The van der Waals surface area contributed by atoms with Crippen LogP contribution in [-0.4, -0.2) is 39.9 Å². The molecule has 0 saturated carbocycles. The number of aromatic amines is 1. The summed E-state index contributed by atoms with van der Waals surface area (Å²) >= 11 is 0. The van der Waals surface area contributed by atoms with Crippen LogP contribution in [0.4, 0.5) is 4.79 Å². The summed E-state index contributed by atoms with van der Waals surface area (Å²) in [7, 11) is 0. The molecule has 1 fully saturated rings. The summed E-state index contributed by atoms with van der Waals surface area (Å²) in [5, 5.41) is 0.897. The maximum Gasteiger partial charge on any atom is 0.410 e. The Balaban J connectivity index is 1.85. The van der Waals surface area contributed by atoms with Gasteiger partial charge in [0.1, 0.15) is 5.60 Å². The molecule has 1 aromatic carbocycles. The zero-order valence-electron chi connectivity index (χ0n) is 13.8. The molecule has 5 nitrogen and oxygen atoms in total. The van der Waals surface area contributed by atoms with Crippen LogP contribution < -0.4 is 0 Å². The Hall–Kier alpha value is -2.30. The number of rotatable bonds is 2. The van der Waals surface area contributed by atoms with E-state index in [4.69, 9.17) is 4.74 Å². The van der Waals surface area contributed by atoms with Crippen molar-refractivity contribution in [3.63, 3.8) is 0 Å². The van der Waals surface area contributed by atoms with Gasteiger partial charge in [-0.15, -0.1) is 0 Å². The van der Waals surface area contributed by atoms with Gasteiger partial charge >= 0.3 is 6.09 Å². The molecule has 3 rings (SSSR count). The number of likely N-dealkylation sites (tertiary alicyclic amines) is 1. The zero-order chi connectivity index (χ0) is 16.6. The summed E-state index contributed by atoms with van der Waals surface area (Å²) in [6, 6.07) is 7.25. The number of nitrogens with zero attached hydrogens (tertiary/aromatic N) is 1. The predicted octanol–water partition coefficient (Wildman–Crippen LogP) is 3.75. The second-order valence-corrected chi connectivity index (χ2v) is 6.94. The van der Waals surface area contributed by atoms with Gasteiger partial charge in [0, 0.05) is 29.2 Å². The van der Waals surface area contributed by atoms with Crippen molar-refractivity contribution in [2.24, 2.45) is 0 Å². The normalized spacial score (nSPS) is 18.4. The van der Waals surface area contributed by atoms with Crippen LogP contribution in [0, 0.1) is 0 Å². The summed E-state index contributed by atoms with van der Waals surface area (Å²) in [5.74, 6) is -0.0224. The first-order valence-electron chi connectivity index (χ1n) is 7.97. The van der Waals surface area contributed by atoms with E-state index in [2.05, 4.69) is 4.98 Å². The SMILES string of the molecule is CC(C)(C)OC(=O)N1CCCC1C(=O)c1c[nH]c2ccccc12. The number of H-pyrrole nitrogens is 1. The second kappa shape index (κ2) is 5.72. The molecule has 1 amide bonds. The summed E-state index contributed by atoms with van der Waals surface area (Å²) in [6.07, 6.45) is 2.82. The topological polar surface area (TPSA) is 62.4 Å². The monoisotopic (exact) mass is 314 g/mol. The summed E-state index contributed by atoms with van der Waals surface area (Å²) in [5.41, 5.74) is 1.01. The standard InChI is InChI=1S/C18H22N2O3/c1-18(2,3)23-17(22)20-10-6-9-15(20)16(21)13-11-19-14-8-5-4-7-12(13)14/h4-5,7-8,11,15,19H,6,9-10H2,1-3H3. The Kier molecular flexibility index (Phi) is 3.88. The fourth-order valence-corrected chi connectivity index (χ4v) is 3.03. The third kappa shape index (κ3) is 3.09. The molecule has 23 heavy (non-hydrogen) atoms. The van der Waals surface area contributed by atoms with Gasteiger partial charge in [-0.25, -0.2) is 4.79 Å². The Labute approximate surface area is 135 Å². The van der Waals surface area contributed by atoms with E-state index in [1.807, 2.05) is 45.0 Å². The number of amides is 1. The average Bonchev–Trinajstić information content (AvgIpc) is 3.12. The fraction of sp³-hybridized carbons (Fsp3) is 0.444. The van der Waals surface area contributed by atoms with Crippen molar-refractivity contribution in [2.75, 3.05) is 6.54 Å². The minimum atomic E-state index is -0.561. The van der Waals surface area contributed by atoms with Crippen molar-refractivity contribution in [3.8, 4) is 0 Å². The van der Waals surface area contributed by atoms with E-state index in [0.717, 1.165) is 17.3 Å². The van der Waals surface area contributed by atoms with E-state index < -0.39 is 17.7 Å². The Morgan fingerprint density at radius 3 is 2.74 bits per heavy atom. The Morgan fingerprint density at radius 2 is 2.00 bits per heavy atom. The smallest absolute Gasteiger partial charge is 0.410 e. The lowest BCUT2D eigenvalue weighted by Gasteiger charge is -2.27. The highest BCUT2D eigenvalue weighted by molar-refractivity contribution is 6.11. The van der Waals surface area contributed by atoms with E-state index in [1.165, 1.54) is 0 Å². The quantitative estimate of drug-likeness (QED) is 0.859. The molecule has 1 N–H and O–H groups in total. The number of ether oxygens (including phenoxy) is 1. The maximum atomic E-state index is 12.9. The number of carbonyl (C=O) groups excluding carboxylic acids is 2. The first-order valence-corrected chi connectivity index (χ1v) is 7.97. The first kappa shape index (κ1) is 15.6. The van der Waals surface area contributed by atoms with E-state index in [9.17, 15) is 9.59 Å². The molecule has 2 aromatic rings. The minimum Gasteiger partial charge on any atom is -0.444 e. The number of nitrogens with one attached hydrogen (secondary N) is 1. The molecule has 1 saturated heterocycles. The molecule has 1 aliphatic rings. The van der Waals surface area contributed by atoms with Crippen LogP contribution in [0.1, 0.15) is 44.0 Å². The third-order valence-electron chi connectivity index (χ3n) is 4.04. The zero-order valence-corrected chi connectivity index (χ0v) is 13.8. The van der Waals surface area contributed by atoms with E-state index in [1.54, 1.807) is 11.1 Å². The molecule has 0 spiro atoms. The fourth-order valence-electron chi connectivity index (χ4n) is 3.03. The molecule has 1 aliphatic heterocycles. The van der Waals surface area contributed by atoms with Gasteiger partial charge in [0.2, 0.25) is 0 Å². The van der Waals surface area contributed by atoms with E-state index in [-0.39, 0.29) is 5.78 Å². The van der Waals surface area contributed by atoms with E-state index >= 15 is 0 Å². The highest BCUT2D eigenvalue weighted by Crippen LogP contribution is 2.27. The molecule has 1 unspecified atom stereocenters. The number of para-hydroxylation sites is 1. The van der Waals surface area contributed by atoms with Crippen molar-refractivity contribution in [3.05, 3.63) is 36.0 Å². The first-order chi connectivity index (χ1) is 10.9. The Bertz CT molecular complexity index is 742. The lowest BCUT2D eigenvalue weighted by Crippen LogP contribution is -2.43. The highest BCUT2D eigenvalue weighted by atomic mass is 16.6. The van der Waals surface area contributed by atoms with Crippen LogP contribution in [-0.2, 0) is 4.74 Å². The number of hydrogen-bond acceptors (Lipinski definition) is 3. The number of benzene rings is 1. The van der Waals surface area contributed by atoms with Crippen LogP contribution in [0.5, 0.6) is 0 Å². The van der Waals surface area contributed by atoms with Gasteiger partial charge in [-0.1, -0.05) is 18.2 Å². The molecule has 1 atom stereocenters. The number of carbonyl (C=O) groups is 2. The maximum absolute atomic E-state index is 12.9. The van der Waals surface area contributed by atoms with Gasteiger partial charge in [-0.05, 0) is 39.7 Å². The van der Waals surface area contributed by atoms with Crippen molar-refractivity contribution in [2.45, 2.75) is 45.3 Å². The van der Waals surface area contributed by atoms with Crippen LogP contribution in [0.2, 0.25) is 0 Å². The summed E-state index contributed by atoms with van der Waals surface area (Å²) in [6.45, 7) is 6.06. The Morgan fingerprint density at radius 1 is 1.26 bits per heavy atom. The molecular weight excluding hydrogens is 292 g/mol. The van der Waals surface area contributed by atoms with Gasteiger partial charge in [-0.3, -0.25) is 9.69 Å². The lowest BCUT2D eigenvalue weighted by molar-refractivity contribution is 0.0222. The molecule has 0 aliphatic carbocycles. The average molecular weight is 314 g/mol. The molecule has 1 aromatic heterocycles. The van der Waals surface area contributed by atoms with Crippen molar-refractivity contribution < 1.29 is 14.3 Å². The largest absolute Gasteiger partial charge is 0.444 e. The van der Waals surface area contributed by atoms with Crippen molar-refractivity contribution in [1.82, 2.24) is 9.88 Å². The van der Waals surface area contributed by atoms with Gasteiger partial charge in [0.05, 0.1) is 6.04 Å². The molecule has 122 valence electrons. The number of ketones is 1. The summed E-state index contributed by atoms with van der Waals surface area (Å²) in [4.78, 5) is 30.0. The second-order valence-electron chi connectivity index (χ2n) is 6.94. The van der Waals surface area contributed by atoms with Crippen molar-refractivity contribution in [1.29, 1.82) is 0 Å². The number of fused-ring (bicyclic) bond motifs is 1. The van der Waals surface area contributed by atoms with Gasteiger partial charge in [0.15, 0.2) is 5.78 Å². The number of aromatic nitrogens is 1. The molecule has 0 bridgehead atoms.